The fraction of sp³-hybridized carbons (Fsp3) is 0.459. The number of nitrogens with zero attached hydrogens (tertiary/aromatic N) is 4. The highest BCUT2D eigenvalue weighted by Gasteiger charge is 2.44. The zero-order valence-corrected chi connectivity index (χ0v) is 26.2. The average Bonchev–Trinajstić information content (AvgIpc) is 3.53. The van der Waals surface area contributed by atoms with Crippen molar-refractivity contribution in [1.82, 2.24) is 19.4 Å². The molecule has 7 nitrogen and oxygen atoms in total. The molecule has 1 aromatic heterocycles. The Bertz CT molecular complexity index is 1590. The number of aromatic nitrogens is 2. The van der Waals surface area contributed by atoms with Gasteiger partial charge < -0.3 is 18.9 Å². The second-order valence-corrected chi connectivity index (χ2v) is 13.0. The van der Waals surface area contributed by atoms with E-state index in [2.05, 4.69) is 71.0 Å². The van der Waals surface area contributed by atoms with E-state index in [9.17, 15) is 4.79 Å². The van der Waals surface area contributed by atoms with E-state index in [0.717, 1.165) is 50.2 Å². The van der Waals surface area contributed by atoms with Crippen LogP contribution in [-0.2, 0) is 5.41 Å². The third kappa shape index (κ3) is 5.05. The van der Waals surface area contributed by atoms with Crippen molar-refractivity contribution >= 4 is 16.9 Å². The number of methoxy groups -OCH3 is 2. The van der Waals surface area contributed by atoms with Gasteiger partial charge in [-0.15, -0.1) is 0 Å². The van der Waals surface area contributed by atoms with E-state index in [1.807, 2.05) is 23.1 Å². The molecule has 3 aliphatic heterocycles. The molecule has 0 N–H and O–H groups in total. The lowest BCUT2D eigenvalue weighted by molar-refractivity contribution is 0.0601. The van der Waals surface area contributed by atoms with Crippen LogP contribution in [0, 0.1) is 6.92 Å². The van der Waals surface area contributed by atoms with Crippen LogP contribution in [-0.4, -0.2) is 71.2 Å². The van der Waals surface area contributed by atoms with Gasteiger partial charge in [-0.05, 0) is 93.7 Å². The molecular weight excluding hydrogens is 548 g/mol. The molecule has 3 atom stereocenters. The van der Waals surface area contributed by atoms with Crippen LogP contribution in [0.5, 0.6) is 11.5 Å². The number of carbonyl (C=O) groups is 1. The van der Waals surface area contributed by atoms with E-state index in [1.165, 1.54) is 36.8 Å². The minimum atomic E-state index is -0.0107. The van der Waals surface area contributed by atoms with Gasteiger partial charge in [-0.3, -0.25) is 9.69 Å². The summed E-state index contributed by atoms with van der Waals surface area (Å²) in [6.07, 6.45) is 7.97. The zero-order valence-electron chi connectivity index (χ0n) is 26.2. The molecule has 3 aromatic carbocycles. The molecule has 0 saturated carbocycles. The van der Waals surface area contributed by atoms with E-state index in [0.29, 0.717) is 35.2 Å². The first-order chi connectivity index (χ1) is 21.5. The number of benzene rings is 3. The number of fused-ring (bicyclic) bond motifs is 3. The van der Waals surface area contributed by atoms with Crippen LogP contribution in [0.1, 0.15) is 72.7 Å². The van der Waals surface area contributed by atoms with Gasteiger partial charge in [0.15, 0.2) is 0 Å². The molecule has 3 aliphatic rings. The lowest BCUT2D eigenvalue weighted by Crippen LogP contribution is -2.49. The van der Waals surface area contributed by atoms with E-state index in [4.69, 9.17) is 14.5 Å². The highest BCUT2D eigenvalue weighted by Crippen LogP contribution is 2.45. The first kappa shape index (κ1) is 28.9. The first-order valence-corrected chi connectivity index (χ1v) is 16.3. The monoisotopic (exact) mass is 592 g/mol. The maximum absolute atomic E-state index is 13.8. The van der Waals surface area contributed by atoms with Gasteiger partial charge in [-0.2, -0.15) is 0 Å². The summed E-state index contributed by atoms with van der Waals surface area (Å²) < 4.78 is 13.6. The fourth-order valence-electron chi connectivity index (χ4n) is 8.62. The number of ether oxygens (including phenoxy) is 2. The number of imidazole rings is 1. The van der Waals surface area contributed by atoms with Crippen LogP contribution in [0.15, 0.2) is 72.8 Å². The molecular formula is C37H44N4O3. The van der Waals surface area contributed by atoms with Crippen molar-refractivity contribution in [2.75, 3.05) is 33.9 Å². The lowest BCUT2D eigenvalue weighted by Gasteiger charge is -2.45. The van der Waals surface area contributed by atoms with Gasteiger partial charge in [-0.25, -0.2) is 4.98 Å². The highest BCUT2D eigenvalue weighted by molar-refractivity contribution is 5.99. The summed E-state index contributed by atoms with van der Waals surface area (Å²) in [6.45, 7) is 4.71. The second kappa shape index (κ2) is 11.9. The molecule has 4 heterocycles. The summed E-state index contributed by atoms with van der Waals surface area (Å²) in [5.74, 6) is 2.25. The molecule has 230 valence electrons. The maximum Gasteiger partial charge on any atom is 0.261 e. The standard InChI is InChI=1S/C37H44N4O3/c1-26-38-31-12-7-8-13-32(31)41(26)30-24-28-16-17-29(25-30)40(28)23-20-37(27-10-5-4-6-11-27)18-21-39(22-19-37)36(42)35-33(43-2)14-9-15-34(35)44-3/h4-15,28-30H,16-25H2,1-3H3/t28-,29+,30?. The van der Waals surface area contributed by atoms with Crippen molar-refractivity contribution in [3.63, 3.8) is 0 Å². The number of likely N-dealkylation sites (tertiary alicyclic amines) is 1. The smallest absolute Gasteiger partial charge is 0.261 e. The molecule has 1 unspecified atom stereocenters. The molecule has 3 saturated heterocycles. The minimum absolute atomic E-state index is 0.0107. The lowest BCUT2D eigenvalue weighted by atomic mass is 9.70. The maximum atomic E-state index is 13.8. The molecule has 7 rings (SSSR count). The number of aryl methyl sites for hydroxylation is 1. The molecule has 1 amide bonds. The molecule has 44 heavy (non-hydrogen) atoms. The van der Waals surface area contributed by atoms with Crippen LogP contribution >= 0.6 is 0 Å². The fourth-order valence-corrected chi connectivity index (χ4v) is 8.62. The van der Waals surface area contributed by atoms with Crippen LogP contribution in [0.2, 0.25) is 0 Å². The average molecular weight is 593 g/mol. The largest absolute Gasteiger partial charge is 0.496 e. The Kier molecular flexibility index (Phi) is 7.83. The predicted molar refractivity (Wildman–Crippen MR) is 174 cm³/mol. The number of para-hydroxylation sites is 2. The van der Waals surface area contributed by atoms with Gasteiger partial charge in [0.1, 0.15) is 22.9 Å². The molecule has 7 heteroatoms. The van der Waals surface area contributed by atoms with E-state index in [1.54, 1.807) is 14.2 Å². The predicted octanol–water partition coefficient (Wildman–Crippen LogP) is 6.79. The highest BCUT2D eigenvalue weighted by atomic mass is 16.5. The Hall–Kier alpha value is -3.84. The van der Waals surface area contributed by atoms with Crippen molar-refractivity contribution < 1.29 is 14.3 Å². The van der Waals surface area contributed by atoms with Gasteiger partial charge in [0.25, 0.3) is 5.91 Å². The number of carbonyl (C=O) groups excluding carboxylic acids is 1. The summed E-state index contributed by atoms with van der Waals surface area (Å²) in [6, 6.07) is 26.9. The summed E-state index contributed by atoms with van der Waals surface area (Å²) in [5.41, 5.74) is 4.36. The molecule has 3 fully saturated rings. The summed E-state index contributed by atoms with van der Waals surface area (Å²) in [7, 11) is 3.22. The van der Waals surface area contributed by atoms with E-state index in [-0.39, 0.29) is 11.3 Å². The van der Waals surface area contributed by atoms with E-state index < -0.39 is 0 Å². The molecule has 0 aliphatic carbocycles. The van der Waals surface area contributed by atoms with Crippen LogP contribution in [0.4, 0.5) is 0 Å². The van der Waals surface area contributed by atoms with Crippen LogP contribution in [0.3, 0.4) is 0 Å². The molecule has 0 spiro atoms. The van der Waals surface area contributed by atoms with Crippen molar-refractivity contribution in [3.8, 4) is 11.5 Å². The van der Waals surface area contributed by atoms with Gasteiger partial charge in [0.2, 0.25) is 0 Å². The Morgan fingerprint density at radius 3 is 2.14 bits per heavy atom. The van der Waals surface area contributed by atoms with Crippen LogP contribution in [0.25, 0.3) is 11.0 Å². The summed E-state index contributed by atoms with van der Waals surface area (Å²) in [4.78, 5) is 23.5. The quantitative estimate of drug-likeness (QED) is 0.225. The van der Waals surface area contributed by atoms with Gasteiger partial charge in [-0.1, -0.05) is 48.5 Å². The van der Waals surface area contributed by atoms with Crippen molar-refractivity contribution in [2.45, 2.75) is 75.4 Å². The third-order valence-corrected chi connectivity index (χ3v) is 10.9. The van der Waals surface area contributed by atoms with Crippen molar-refractivity contribution in [2.24, 2.45) is 0 Å². The number of amides is 1. The Labute approximate surface area is 260 Å². The van der Waals surface area contributed by atoms with E-state index >= 15 is 0 Å². The van der Waals surface area contributed by atoms with Gasteiger partial charge in [0.05, 0.1) is 25.3 Å². The van der Waals surface area contributed by atoms with Crippen LogP contribution < -0.4 is 9.47 Å². The Morgan fingerprint density at radius 1 is 0.841 bits per heavy atom. The normalized spacial score (nSPS) is 23.2. The van der Waals surface area contributed by atoms with Gasteiger partial charge in [0, 0.05) is 31.2 Å². The first-order valence-electron chi connectivity index (χ1n) is 16.3. The SMILES string of the molecule is COc1cccc(OC)c1C(=O)N1CCC(CCN2[C@@H]3CC[C@H]2CC(n2c(C)nc4ccccc42)C3)(c2ccccc2)CC1. The van der Waals surface area contributed by atoms with Crippen molar-refractivity contribution in [1.29, 1.82) is 0 Å². The summed E-state index contributed by atoms with van der Waals surface area (Å²) in [5, 5.41) is 0. The number of piperidine rings is 2. The summed E-state index contributed by atoms with van der Waals surface area (Å²) >= 11 is 0. The molecule has 4 aromatic rings. The third-order valence-electron chi connectivity index (χ3n) is 10.9. The molecule has 0 radical (unpaired) electrons. The topological polar surface area (TPSA) is 59.8 Å². The Morgan fingerprint density at radius 2 is 1.48 bits per heavy atom. The Balaban J connectivity index is 1.07. The van der Waals surface area contributed by atoms with Crippen molar-refractivity contribution in [3.05, 3.63) is 89.7 Å². The number of rotatable bonds is 8. The number of hydrogen-bond acceptors (Lipinski definition) is 5. The van der Waals surface area contributed by atoms with Gasteiger partial charge >= 0.3 is 0 Å². The second-order valence-electron chi connectivity index (χ2n) is 13.0. The molecule has 2 bridgehead atoms. The minimum Gasteiger partial charge on any atom is -0.496 e. The number of hydrogen-bond donors (Lipinski definition) is 0. The zero-order chi connectivity index (χ0) is 30.3.